The quantitative estimate of drug-likeness (QED) is 0.466. The number of benzene rings is 2. The Balaban J connectivity index is 1.46. The number of hydrogen-bond donors (Lipinski definition) is 3. The zero-order valence-electron chi connectivity index (χ0n) is 19.1. The highest BCUT2D eigenvalue weighted by molar-refractivity contribution is 6.30. The van der Waals surface area contributed by atoms with E-state index in [0.717, 1.165) is 6.42 Å². The number of rotatable bonds is 5. The number of hydrogen-bond acceptors (Lipinski definition) is 6. The highest BCUT2D eigenvalue weighted by atomic mass is 35.5. The van der Waals surface area contributed by atoms with Crippen LogP contribution >= 0.6 is 11.6 Å². The first-order valence-corrected chi connectivity index (χ1v) is 11.2. The molecular formula is C25H23ClN4O5. The number of ether oxygens (including phenoxy) is 1. The first-order valence-electron chi connectivity index (χ1n) is 10.9. The third kappa shape index (κ3) is 5.36. The van der Waals surface area contributed by atoms with E-state index in [1.807, 2.05) is 0 Å². The molecule has 0 fully saturated rings. The van der Waals surface area contributed by atoms with Gasteiger partial charge in [-0.25, -0.2) is 5.43 Å². The topological polar surface area (TPSA) is 122 Å². The molecule has 0 spiro atoms. The zero-order valence-corrected chi connectivity index (χ0v) is 19.9. The summed E-state index contributed by atoms with van der Waals surface area (Å²) >= 11 is 5.83. The summed E-state index contributed by atoms with van der Waals surface area (Å²) in [5.41, 5.74) is 9.99. The van der Waals surface area contributed by atoms with Crippen LogP contribution in [0.25, 0.3) is 0 Å². The van der Waals surface area contributed by atoms with Crippen LogP contribution in [-0.2, 0) is 6.42 Å². The minimum Gasteiger partial charge on any atom is -0.497 e. The molecule has 4 rings (SSSR count). The molecule has 180 valence electrons. The Kier molecular flexibility index (Phi) is 7.17. The Morgan fingerprint density at radius 2 is 1.54 bits per heavy atom. The molecule has 0 atom stereocenters. The van der Waals surface area contributed by atoms with Crippen LogP contribution in [0.2, 0.25) is 5.02 Å². The number of halogens is 1. The molecule has 0 saturated heterocycles. The molecule has 0 aliphatic heterocycles. The predicted octanol–water partition coefficient (Wildman–Crippen LogP) is 3.80. The van der Waals surface area contributed by atoms with Crippen LogP contribution < -0.4 is 21.0 Å². The summed E-state index contributed by atoms with van der Waals surface area (Å²) in [6, 6.07) is 12.9. The maximum atomic E-state index is 12.7. The van der Waals surface area contributed by atoms with Gasteiger partial charge in [0.15, 0.2) is 5.76 Å². The summed E-state index contributed by atoms with van der Waals surface area (Å²) in [6.07, 6.45) is 2.00. The molecular weight excluding hydrogens is 472 g/mol. The van der Waals surface area contributed by atoms with Gasteiger partial charge in [0.1, 0.15) is 11.5 Å². The molecule has 2 aromatic carbocycles. The Morgan fingerprint density at radius 1 is 0.914 bits per heavy atom. The van der Waals surface area contributed by atoms with Gasteiger partial charge in [0.25, 0.3) is 11.8 Å². The minimum absolute atomic E-state index is 0.0717. The fraction of sp³-hybridized carbons (Fsp3) is 0.200. The predicted molar refractivity (Wildman–Crippen MR) is 130 cm³/mol. The normalized spacial score (nSPS) is 13.6. The second-order valence-corrected chi connectivity index (χ2v) is 8.29. The van der Waals surface area contributed by atoms with Gasteiger partial charge in [0.2, 0.25) is 0 Å². The number of nitrogens with zero attached hydrogens (tertiary/aromatic N) is 1. The van der Waals surface area contributed by atoms with Crippen molar-refractivity contribution in [3.8, 4) is 5.75 Å². The third-order valence-corrected chi connectivity index (χ3v) is 5.82. The van der Waals surface area contributed by atoms with Gasteiger partial charge >= 0.3 is 5.91 Å². The van der Waals surface area contributed by atoms with Crippen molar-refractivity contribution in [3.05, 3.63) is 87.3 Å². The number of fused-ring (bicyclic) bond motifs is 1. The lowest BCUT2D eigenvalue weighted by atomic mass is 9.93. The van der Waals surface area contributed by atoms with E-state index in [-0.39, 0.29) is 11.7 Å². The van der Waals surface area contributed by atoms with Crippen molar-refractivity contribution in [2.24, 2.45) is 5.10 Å². The molecule has 0 unspecified atom stereocenters. The van der Waals surface area contributed by atoms with Gasteiger partial charge < -0.3 is 9.15 Å². The molecule has 1 heterocycles. The monoisotopic (exact) mass is 494 g/mol. The standard InChI is InChI=1S/C25H23ClN4O5/c1-14-21-19(27-28-23(31)16-8-12-18(34-2)13-9-16)4-3-5-20(21)35-22(14)25(33)30-29-24(32)15-6-10-17(26)11-7-15/h6-13H,3-5H2,1-2H3,(H,28,31)(H,29,32)(H,30,33)/b27-19+. The molecule has 1 aliphatic carbocycles. The van der Waals surface area contributed by atoms with Crippen molar-refractivity contribution in [2.75, 3.05) is 7.11 Å². The van der Waals surface area contributed by atoms with Crippen LogP contribution in [0.4, 0.5) is 0 Å². The van der Waals surface area contributed by atoms with Gasteiger partial charge in [0.05, 0.1) is 12.8 Å². The highest BCUT2D eigenvalue weighted by Gasteiger charge is 2.28. The van der Waals surface area contributed by atoms with Crippen LogP contribution in [0.15, 0.2) is 58.0 Å². The largest absolute Gasteiger partial charge is 0.497 e. The fourth-order valence-corrected chi connectivity index (χ4v) is 3.89. The number of carbonyl (C=O) groups excluding carboxylic acids is 3. The first-order chi connectivity index (χ1) is 16.9. The maximum Gasteiger partial charge on any atom is 0.305 e. The van der Waals surface area contributed by atoms with Gasteiger partial charge in [-0.1, -0.05) is 11.6 Å². The van der Waals surface area contributed by atoms with E-state index in [4.69, 9.17) is 20.8 Å². The molecule has 35 heavy (non-hydrogen) atoms. The van der Waals surface area contributed by atoms with Crippen molar-refractivity contribution in [3.63, 3.8) is 0 Å². The SMILES string of the molecule is COc1ccc(C(=O)N/N=C2\CCCc3oc(C(=O)NNC(=O)c4ccc(Cl)cc4)c(C)c32)cc1. The summed E-state index contributed by atoms with van der Waals surface area (Å²) < 4.78 is 10.9. The second kappa shape index (κ2) is 10.4. The lowest BCUT2D eigenvalue weighted by Gasteiger charge is -2.13. The Bertz CT molecular complexity index is 1300. The van der Waals surface area contributed by atoms with Gasteiger partial charge in [-0.05, 0) is 68.3 Å². The highest BCUT2D eigenvalue weighted by Crippen LogP contribution is 2.29. The van der Waals surface area contributed by atoms with Gasteiger partial charge in [0, 0.05) is 33.7 Å². The number of hydrazine groups is 1. The van der Waals surface area contributed by atoms with E-state index >= 15 is 0 Å². The van der Waals surface area contributed by atoms with Gasteiger partial charge in [-0.3, -0.25) is 25.2 Å². The molecule has 0 bridgehead atoms. The van der Waals surface area contributed by atoms with E-state index in [1.165, 1.54) is 0 Å². The van der Waals surface area contributed by atoms with E-state index in [9.17, 15) is 14.4 Å². The van der Waals surface area contributed by atoms with Crippen LogP contribution in [0, 0.1) is 6.92 Å². The summed E-state index contributed by atoms with van der Waals surface area (Å²) in [5, 5.41) is 4.81. The summed E-state index contributed by atoms with van der Waals surface area (Å²) in [7, 11) is 1.55. The summed E-state index contributed by atoms with van der Waals surface area (Å²) in [4.78, 5) is 37.5. The van der Waals surface area contributed by atoms with Crippen molar-refractivity contribution < 1.29 is 23.5 Å². The van der Waals surface area contributed by atoms with Crippen molar-refractivity contribution in [1.29, 1.82) is 0 Å². The Hall–Kier alpha value is -4.11. The number of carbonyl (C=O) groups is 3. The maximum absolute atomic E-state index is 12.7. The number of hydrazone groups is 1. The Morgan fingerprint density at radius 3 is 2.23 bits per heavy atom. The molecule has 10 heteroatoms. The third-order valence-electron chi connectivity index (χ3n) is 5.57. The molecule has 9 nitrogen and oxygen atoms in total. The van der Waals surface area contributed by atoms with Crippen LogP contribution in [0.1, 0.15) is 61.0 Å². The number of amides is 3. The molecule has 0 radical (unpaired) electrons. The van der Waals surface area contributed by atoms with Crippen molar-refractivity contribution >= 4 is 35.0 Å². The molecule has 1 aliphatic rings. The average molecular weight is 495 g/mol. The van der Waals surface area contributed by atoms with E-state index in [1.54, 1.807) is 62.6 Å². The number of methoxy groups -OCH3 is 1. The van der Waals surface area contributed by atoms with E-state index in [0.29, 0.717) is 57.3 Å². The van der Waals surface area contributed by atoms with Crippen LogP contribution in [0.5, 0.6) is 5.75 Å². The molecule has 1 aromatic heterocycles. The summed E-state index contributed by atoms with van der Waals surface area (Å²) in [6.45, 7) is 1.74. The summed E-state index contributed by atoms with van der Waals surface area (Å²) in [5.74, 6) is -0.124. The number of aryl methyl sites for hydroxylation is 1. The lowest BCUT2D eigenvalue weighted by Crippen LogP contribution is -2.41. The van der Waals surface area contributed by atoms with E-state index in [2.05, 4.69) is 21.4 Å². The van der Waals surface area contributed by atoms with Crippen LogP contribution in [-0.4, -0.2) is 30.5 Å². The first kappa shape index (κ1) is 24.0. The lowest BCUT2D eigenvalue weighted by molar-refractivity contribution is 0.0829. The van der Waals surface area contributed by atoms with E-state index < -0.39 is 11.8 Å². The number of nitrogens with one attached hydrogen (secondary N) is 3. The molecule has 3 N–H and O–H groups in total. The molecule has 0 saturated carbocycles. The Labute approximate surface area is 206 Å². The number of furan rings is 1. The fourth-order valence-electron chi connectivity index (χ4n) is 3.77. The minimum atomic E-state index is -0.596. The zero-order chi connectivity index (χ0) is 24.9. The molecule has 3 aromatic rings. The second-order valence-electron chi connectivity index (χ2n) is 7.85. The van der Waals surface area contributed by atoms with Gasteiger partial charge in [-0.2, -0.15) is 5.10 Å². The van der Waals surface area contributed by atoms with Crippen molar-refractivity contribution in [1.82, 2.24) is 16.3 Å². The van der Waals surface area contributed by atoms with Crippen molar-refractivity contribution in [2.45, 2.75) is 26.2 Å². The van der Waals surface area contributed by atoms with Gasteiger partial charge in [-0.15, -0.1) is 0 Å². The smallest absolute Gasteiger partial charge is 0.305 e. The van der Waals surface area contributed by atoms with Crippen LogP contribution in [0.3, 0.4) is 0 Å². The average Bonchev–Trinajstić information content (AvgIpc) is 3.23. The molecule has 3 amide bonds.